The molecule has 2 N–H and O–H groups in total. The molecule has 1 amide bonds. The van der Waals surface area contributed by atoms with E-state index in [0.717, 1.165) is 11.6 Å². The highest BCUT2D eigenvalue weighted by Crippen LogP contribution is 2.18. The molecule has 7 heteroatoms. The Balaban J connectivity index is 1.66. The topological polar surface area (TPSA) is 88.3 Å². The summed E-state index contributed by atoms with van der Waals surface area (Å²) in [5.74, 6) is -1.19. The van der Waals surface area contributed by atoms with Gasteiger partial charge < -0.3 is 15.0 Å². The van der Waals surface area contributed by atoms with Crippen molar-refractivity contribution in [3.8, 4) is 0 Å². The molecule has 138 valence electrons. The number of esters is 1. The number of halogens is 1. The predicted octanol–water partition coefficient (Wildman–Crippen LogP) is 3.22. The molecule has 0 aliphatic carbocycles. The Kier molecular flexibility index (Phi) is 5.57. The molecule has 0 saturated heterocycles. The molecule has 1 atom stereocenters. The van der Waals surface area contributed by atoms with Gasteiger partial charge in [-0.2, -0.15) is 0 Å². The van der Waals surface area contributed by atoms with E-state index in [2.05, 4.69) is 10.3 Å². The standard InChI is InChI=1S/C20H17ClN2O4/c1-12(13-5-4-6-14(21)9-13)22-19(25)11-27-20(26)16-10-18(24)23-17-8-3-2-7-15(16)17/h2-10,12H,11H2,1H3,(H,22,25)(H,23,24)/t12-/m0/s1. The zero-order chi connectivity index (χ0) is 19.4. The van der Waals surface area contributed by atoms with Crippen LogP contribution in [0.3, 0.4) is 0 Å². The summed E-state index contributed by atoms with van der Waals surface area (Å²) in [5.41, 5.74) is 1.06. The Labute approximate surface area is 160 Å². The number of benzene rings is 2. The highest BCUT2D eigenvalue weighted by molar-refractivity contribution is 6.30. The summed E-state index contributed by atoms with van der Waals surface area (Å²) in [4.78, 5) is 38.8. The maximum absolute atomic E-state index is 12.3. The smallest absolute Gasteiger partial charge is 0.339 e. The van der Waals surface area contributed by atoms with Crippen molar-refractivity contribution < 1.29 is 14.3 Å². The Morgan fingerprint density at radius 1 is 1.15 bits per heavy atom. The first kappa shape index (κ1) is 18.7. The van der Waals surface area contributed by atoms with Crippen LogP contribution in [0.4, 0.5) is 0 Å². The fourth-order valence-corrected chi connectivity index (χ4v) is 2.92. The third-order valence-corrected chi connectivity index (χ3v) is 4.27. The lowest BCUT2D eigenvalue weighted by molar-refractivity contribution is -0.124. The number of hydrogen-bond acceptors (Lipinski definition) is 4. The van der Waals surface area contributed by atoms with Crippen molar-refractivity contribution in [2.75, 3.05) is 6.61 Å². The van der Waals surface area contributed by atoms with Crippen molar-refractivity contribution in [1.29, 1.82) is 0 Å². The molecular weight excluding hydrogens is 368 g/mol. The van der Waals surface area contributed by atoms with Crippen molar-refractivity contribution in [2.45, 2.75) is 13.0 Å². The molecule has 0 aliphatic rings. The van der Waals surface area contributed by atoms with E-state index < -0.39 is 24.0 Å². The fraction of sp³-hybridized carbons (Fsp3) is 0.150. The summed E-state index contributed by atoms with van der Waals surface area (Å²) in [6.45, 7) is 1.35. The van der Waals surface area contributed by atoms with E-state index in [1.165, 1.54) is 0 Å². The van der Waals surface area contributed by atoms with Crippen molar-refractivity contribution in [3.63, 3.8) is 0 Å². The first-order chi connectivity index (χ1) is 12.9. The molecule has 3 rings (SSSR count). The molecule has 0 fully saturated rings. The number of pyridine rings is 1. The number of para-hydroxylation sites is 1. The molecule has 0 unspecified atom stereocenters. The van der Waals surface area contributed by atoms with Crippen LogP contribution in [0.1, 0.15) is 28.9 Å². The Morgan fingerprint density at radius 3 is 2.70 bits per heavy atom. The van der Waals surface area contributed by atoms with Crippen LogP contribution in [0, 0.1) is 0 Å². The maximum Gasteiger partial charge on any atom is 0.339 e. The van der Waals surface area contributed by atoms with Gasteiger partial charge in [0.15, 0.2) is 6.61 Å². The molecule has 0 radical (unpaired) electrons. The number of amides is 1. The molecular formula is C20H17ClN2O4. The maximum atomic E-state index is 12.3. The van der Waals surface area contributed by atoms with Gasteiger partial charge in [0.25, 0.3) is 5.91 Å². The monoisotopic (exact) mass is 384 g/mol. The third-order valence-electron chi connectivity index (χ3n) is 4.03. The Morgan fingerprint density at radius 2 is 1.93 bits per heavy atom. The van der Waals surface area contributed by atoms with Crippen molar-refractivity contribution in [2.24, 2.45) is 0 Å². The highest BCUT2D eigenvalue weighted by atomic mass is 35.5. The van der Waals surface area contributed by atoms with Gasteiger partial charge in [-0.05, 0) is 30.7 Å². The van der Waals surface area contributed by atoms with Gasteiger partial charge in [-0.15, -0.1) is 0 Å². The molecule has 2 aromatic carbocycles. The van der Waals surface area contributed by atoms with Crippen molar-refractivity contribution >= 4 is 34.4 Å². The number of nitrogens with one attached hydrogen (secondary N) is 2. The van der Waals surface area contributed by atoms with Gasteiger partial charge in [-0.3, -0.25) is 9.59 Å². The summed E-state index contributed by atoms with van der Waals surface area (Å²) >= 11 is 5.95. The van der Waals surface area contributed by atoms with Crippen LogP contribution in [-0.4, -0.2) is 23.5 Å². The van der Waals surface area contributed by atoms with Gasteiger partial charge in [-0.1, -0.05) is 41.9 Å². The molecule has 3 aromatic rings. The minimum Gasteiger partial charge on any atom is -0.452 e. The number of aromatic amines is 1. The number of ether oxygens (including phenoxy) is 1. The average Bonchev–Trinajstić information content (AvgIpc) is 2.65. The molecule has 0 aliphatic heterocycles. The van der Waals surface area contributed by atoms with Crippen LogP contribution in [-0.2, 0) is 9.53 Å². The average molecular weight is 385 g/mol. The van der Waals surface area contributed by atoms with Crippen LogP contribution in [0.25, 0.3) is 10.9 Å². The summed E-state index contributed by atoms with van der Waals surface area (Å²) in [7, 11) is 0. The molecule has 0 spiro atoms. The zero-order valence-corrected chi connectivity index (χ0v) is 15.2. The van der Waals surface area contributed by atoms with Gasteiger partial charge in [0.1, 0.15) is 0 Å². The molecule has 27 heavy (non-hydrogen) atoms. The van der Waals surface area contributed by atoms with Crippen LogP contribution in [0.5, 0.6) is 0 Å². The lowest BCUT2D eigenvalue weighted by Gasteiger charge is -2.15. The van der Waals surface area contributed by atoms with Gasteiger partial charge in [0.05, 0.1) is 11.6 Å². The van der Waals surface area contributed by atoms with Crippen LogP contribution in [0.15, 0.2) is 59.4 Å². The van der Waals surface area contributed by atoms with E-state index in [4.69, 9.17) is 16.3 Å². The summed E-state index contributed by atoms with van der Waals surface area (Å²) in [5, 5.41) is 3.86. The van der Waals surface area contributed by atoms with Crippen molar-refractivity contribution in [3.05, 3.63) is 81.1 Å². The number of carbonyl (C=O) groups is 2. The van der Waals surface area contributed by atoms with E-state index >= 15 is 0 Å². The van der Waals surface area contributed by atoms with E-state index in [0.29, 0.717) is 15.9 Å². The second-order valence-electron chi connectivity index (χ2n) is 6.01. The second kappa shape index (κ2) is 8.05. The Hall–Kier alpha value is -3.12. The third kappa shape index (κ3) is 4.54. The van der Waals surface area contributed by atoms with E-state index in [1.54, 1.807) is 49.4 Å². The minimum atomic E-state index is -0.733. The van der Waals surface area contributed by atoms with Gasteiger partial charge in [0, 0.05) is 22.0 Å². The Bertz CT molecular complexity index is 1060. The van der Waals surface area contributed by atoms with Gasteiger partial charge in [-0.25, -0.2) is 4.79 Å². The van der Waals surface area contributed by atoms with Crippen molar-refractivity contribution in [1.82, 2.24) is 10.3 Å². The van der Waals surface area contributed by atoms with Crippen LogP contribution in [0.2, 0.25) is 5.02 Å². The van der Waals surface area contributed by atoms with Gasteiger partial charge >= 0.3 is 5.97 Å². The number of carbonyl (C=O) groups excluding carboxylic acids is 2. The molecule has 1 aromatic heterocycles. The van der Waals surface area contributed by atoms with Crippen LogP contribution >= 0.6 is 11.6 Å². The number of fused-ring (bicyclic) bond motifs is 1. The normalized spacial score (nSPS) is 11.8. The number of aromatic nitrogens is 1. The predicted molar refractivity (Wildman–Crippen MR) is 103 cm³/mol. The van der Waals surface area contributed by atoms with E-state index in [1.807, 2.05) is 6.07 Å². The zero-order valence-electron chi connectivity index (χ0n) is 14.5. The fourth-order valence-electron chi connectivity index (χ4n) is 2.72. The summed E-state index contributed by atoms with van der Waals surface area (Å²) in [6.07, 6.45) is 0. The second-order valence-corrected chi connectivity index (χ2v) is 6.45. The summed E-state index contributed by atoms with van der Waals surface area (Å²) in [6, 6.07) is 14.9. The lowest BCUT2D eigenvalue weighted by Crippen LogP contribution is -2.31. The molecule has 0 saturated carbocycles. The minimum absolute atomic E-state index is 0.116. The number of hydrogen-bond donors (Lipinski definition) is 2. The molecule has 6 nitrogen and oxygen atoms in total. The molecule has 1 heterocycles. The lowest BCUT2D eigenvalue weighted by atomic mass is 10.1. The van der Waals surface area contributed by atoms with E-state index in [9.17, 15) is 14.4 Å². The quantitative estimate of drug-likeness (QED) is 0.661. The molecule has 0 bridgehead atoms. The first-order valence-electron chi connectivity index (χ1n) is 8.28. The first-order valence-corrected chi connectivity index (χ1v) is 8.66. The number of H-pyrrole nitrogens is 1. The summed E-state index contributed by atoms with van der Waals surface area (Å²) < 4.78 is 5.08. The van der Waals surface area contributed by atoms with E-state index in [-0.39, 0.29) is 11.6 Å². The number of rotatable bonds is 5. The highest BCUT2D eigenvalue weighted by Gasteiger charge is 2.16. The van der Waals surface area contributed by atoms with Gasteiger partial charge in [0.2, 0.25) is 5.56 Å². The SMILES string of the molecule is C[C@H](NC(=O)COC(=O)c1cc(=O)[nH]c2ccccc12)c1cccc(Cl)c1. The largest absolute Gasteiger partial charge is 0.452 e. The van der Waals surface area contributed by atoms with Crippen LogP contribution < -0.4 is 10.9 Å².